The van der Waals surface area contributed by atoms with Gasteiger partial charge in [0.2, 0.25) is 0 Å². The fraction of sp³-hybridized carbons (Fsp3) is 0.182. The molecule has 1 N–H and O–H groups in total. The molecule has 7 heteroatoms. The summed E-state index contributed by atoms with van der Waals surface area (Å²) in [6.07, 6.45) is 2.58. The molecule has 146 valence electrons. The van der Waals surface area contributed by atoms with Crippen molar-refractivity contribution in [2.45, 2.75) is 26.2 Å². The van der Waals surface area contributed by atoms with Gasteiger partial charge in [0.25, 0.3) is 5.91 Å². The van der Waals surface area contributed by atoms with Crippen LogP contribution in [-0.4, -0.2) is 20.5 Å². The average Bonchev–Trinajstić information content (AvgIpc) is 3.39. The Kier molecular flexibility index (Phi) is 6.07. The predicted molar refractivity (Wildman–Crippen MR) is 119 cm³/mol. The number of aromatic nitrogens is 3. The Labute approximate surface area is 177 Å². The quantitative estimate of drug-likeness (QED) is 0.431. The van der Waals surface area contributed by atoms with Gasteiger partial charge in [0.15, 0.2) is 5.13 Å². The highest BCUT2D eigenvalue weighted by molar-refractivity contribution is 7.14. The zero-order valence-corrected chi connectivity index (χ0v) is 17.6. The topological polar surface area (TPSA) is 67.8 Å². The Hall–Kier alpha value is -2.90. The molecular weight excluding hydrogens is 400 g/mol. The number of hydrogen-bond donors (Lipinski definition) is 1. The van der Waals surface area contributed by atoms with Crippen LogP contribution in [0.2, 0.25) is 0 Å². The van der Waals surface area contributed by atoms with Crippen molar-refractivity contribution in [1.82, 2.24) is 14.6 Å². The molecule has 0 radical (unpaired) electrons. The third kappa shape index (κ3) is 4.75. The van der Waals surface area contributed by atoms with Gasteiger partial charge in [0.1, 0.15) is 4.88 Å². The second-order valence-corrected chi connectivity index (χ2v) is 8.26. The number of nitrogens with zero attached hydrogens (tertiary/aromatic N) is 3. The monoisotopic (exact) mass is 420 g/mol. The molecule has 0 saturated heterocycles. The molecule has 0 aliphatic rings. The Bertz CT molecular complexity index is 1090. The van der Waals surface area contributed by atoms with E-state index in [2.05, 4.69) is 75.3 Å². The average molecular weight is 421 g/mol. The predicted octanol–water partition coefficient (Wildman–Crippen LogP) is 5.46. The second kappa shape index (κ2) is 9.07. The van der Waals surface area contributed by atoms with Gasteiger partial charge in [-0.2, -0.15) is 0 Å². The smallest absolute Gasteiger partial charge is 0.271 e. The van der Waals surface area contributed by atoms with E-state index in [-0.39, 0.29) is 5.91 Å². The number of carbonyl (C=O) groups excluding carboxylic acids is 1. The first-order valence-electron chi connectivity index (χ1n) is 9.44. The molecule has 0 saturated carbocycles. The molecule has 0 aliphatic heterocycles. The van der Waals surface area contributed by atoms with Gasteiger partial charge < -0.3 is 0 Å². The van der Waals surface area contributed by atoms with E-state index < -0.39 is 0 Å². The summed E-state index contributed by atoms with van der Waals surface area (Å²) in [5.41, 5.74) is 5.18. The lowest BCUT2D eigenvalue weighted by Gasteiger charge is -2.03. The molecule has 29 heavy (non-hydrogen) atoms. The van der Waals surface area contributed by atoms with Gasteiger partial charge in [-0.1, -0.05) is 72.4 Å². The van der Waals surface area contributed by atoms with Crippen LogP contribution in [0.25, 0.3) is 11.3 Å². The highest BCUT2D eigenvalue weighted by atomic mass is 32.1. The first-order chi connectivity index (χ1) is 14.2. The van der Waals surface area contributed by atoms with Crippen LogP contribution in [0.4, 0.5) is 5.13 Å². The van der Waals surface area contributed by atoms with Crippen molar-refractivity contribution in [3.63, 3.8) is 0 Å². The van der Waals surface area contributed by atoms with Crippen molar-refractivity contribution >= 4 is 33.9 Å². The molecule has 0 unspecified atom stereocenters. The van der Waals surface area contributed by atoms with Crippen LogP contribution in [0.5, 0.6) is 0 Å². The third-order valence-corrected chi connectivity index (χ3v) is 6.00. The summed E-state index contributed by atoms with van der Waals surface area (Å²) in [7, 11) is 0. The summed E-state index contributed by atoms with van der Waals surface area (Å²) in [6.45, 7) is 2.05. The molecule has 4 rings (SSSR count). The Balaban J connectivity index is 1.43. The van der Waals surface area contributed by atoms with Gasteiger partial charge in [0.05, 0.1) is 11.4 Å². The first-order valence-corrected chi connectivity index (χ1v) is 11.1. The van der Waals surface area contributed by atoms with Gasteiger partial charge in [-0.25, -0.2) is 4.98 Å². The molecular formula is C22H20N4OS2. The van der Waals surface area contributed by atoms with E-state index in [4.69, 9.17) is 0 Å². The van der Waals surface area contributed by atoms with E-state index in [0.717, 1.165) is 47.7 Å². The number of rotatable bonds is 7. The maximum Gasteiger partial charge on any atom is 0.271 e. The third-order valence-electron chi connectivity index (χ3n) is 4.47. The van der Waals surface area contributed by atoms with Gasteiger partial charge in [-0.3, -0.25) is 10.1 Å². The number of carbonyl (C=O) groups is 1. The molecule has 2 aromatic heterocycles. The maximum atomic E-state index is 12.5. The van der Waals surface area contributed by atoms with E-state index in [0.29, 0.717) is 10.0 Å². The summed E-state index contributed by atoms with van der Waals surface area (Å²) in [5.74, 6) is -0.192. The number of thiazole rings is 1. The van der Waals surface area contributed by atoms with Gasteiger partial charge in [0, 0.05) is 10.9 Å². The molecule has 0 atom stereocenters. The highest BCUT2D eigenvalue weighted by Gasteiger charge is 2.17. The minimum Gasteiger partial charge on any atom is -0.297 e. The number of benzene rings is 2. The van der Waals surface area contributed by atoms with Gasteiger partial charge >= 0.3 is 0 Å². The zero-order chi connectivity index (χ0) is 20.1. The van der Waals surface area contributed by atoms with Crippen LogP contribution in [0.15, 0.2) is 60.0 Å². The van der Waals surface area contributed by atoms with Crippen LogP contribution in [0.1, 0.15) is 39.8 Å². The molecule has 0 bridgehead atoms. The molecule has 2 aromatic carbocycles. The SMILES string of the molecule is CCCc1nnsc1C(=O)Nc1nc(-c2ccc(Cc3ccccc3)cc2)cs1. The van der Waals surface area contributed by atoms with Gasteiger partial charge in [-0.15, -0.1) is 16.4 Å². The summed E-state index contributed by atoms with van der Waals surface area (Å²) in [6, 6.07) is 18.8. The lowest BCUT2D eigenvalue weighted by Crippen LogP contribution is -2.12. The van der Waals surface area contributed by atoms with E-state index in [1.54, 1.807) is 0 Å². The summed E-state index contributed by atoms with van der Waals surface area (Å²) < 4.78 is 3.91. The number of hydrogen-bond acceptors (Lipinski definition) is 6. The lowest BCUT2D eigenvalue weighted by atomic mass is 10.0. The summed E-state index contributed by atoms with van der Waals surface area (Å²) >= 11 is 2.54. The van der Waals surface area contributed by atoms with Crippen LogP contribution in [-0.2, 0) is 12.8 Å². The Morgan fingerprint density at radius 2 is 1.79 bits per heavy atom. The molecule has 4 aromatic rings. The second-order valence-electron chi connectivity index (χ2n) is 6.65. The van der Waals surface area contributed by atoms with E-state index >= 15 is 0 Å². The molecule has 5 nitrogen and oxygen atoms in total. The summed E-state index contributed by atoms with van der Waals surface area (Å²) in [5, 5.41) is 9.46. The van der Waals surface area contributed by atoms with Crippen molar-refractivity contribution in [2.24, 2.45) is 0 Å². The van der Waals surface area contributed by atoms with E-state index in [1.165, 1.54) is 22.5 Å². The van der Waals surface area contributed by atoms with Crippen molar-refractivity contribution in [1.29, 1.82) is 0 Å². The maximum absolute atomic E-state index is 12.5. The van der Waals surface area contributed by atoms with Crippen LogP contribution in [0.3, 0.4) is 0 Å². The minimum absolute atomic E-state index is 0.192. The van der Waals surface area contributed by atoms with Crippen molar-refractivity contribution < 1.29 is 4.79 Å². The molecule has 1 amide bonds. The molecule has 0 fully saturated rings. The fourth-order valence-corrected chi connectivity index (χ4v) is 4.34. The molecule has 0 spiro atoms. The van der Waals surface area contributed by atoms with E-state index in [1.807, 2.05) is 11.4 Å². The van der Waals surface area contributed by atoms with Crippen molar-refractivity contribution in [3.8, 4) is 11.3 Å². The van der Waals surface area contributed by atoms with Crippen LogP contribution in [0, 0.1) is 0 Å². The largest absolute Gasteiger partial charge is 0.297 e. The van der Waals surface area contributed by atoms with Crippen molar-refractivity contribution in [3.05, 3.63) is 81.7 Å². The zero-order valence-electron chi connectivity index (χ0n) is 16.0. The van der Waals surface area contributed by atoms with E-state index in [9.17, 15) is 4.79 Å². The van der Waals surface area contributed by atoms with Crippen LogP contribution >= 0.6 is 22.9 Å². The number of anilines is 1. The Morgan fingerprint density at radius 3 is 2.55 bits per heavy atom. The summed E-state index contributed by atoms with van der Waals surface area (Å²) in [4.78, 5) is 17.7. The minimum atomic E-state index is -0.192. The standard InChI is InChI=1S/C22H20N4OS2/c1-2-6-18-20(29-26-25-18)21(27)24-22-23-19(14-28-22)17-11-9-16(10-12-17)13-15-7-4-3-5-8-15/h3-5,7-12,14H,2,6,13H2,1H3,(H,23,24,27). The van der Waals surface area contributed by atoms with Crippen molar-refractivity contribution in [2.75, 3.05) is 5.32 Å². The molecule has 0 aliphatic carbocycles. The lowest BCUT2D eigenvalue weighted by molar-refractivity contribution is 0.102. The Morgan fingerprint density at radius 1 is 1.03 bits per heavy atom. The molecule has 2 heterocycles. The fourth-order valence-electron chi connectivity index (χ4n) is 3.02. The van der Waals surface area contributed by atoms with Gasteiger partial charge in [-0.05, 0) is 35.5 Å². The highest BCUT2D eigenvalue weighted by Crippen LogP contribution is 2.26. The number of aryl methyl sites for hydroxylation is 1. The van der Waals surface area contributed by atoms with Crippen LogP contribution < -0.4 is 5.32 Å². The number of nitrogens with one attached hydrogen (secondary N) is 1. The number of amides is 1. The normalized spacial score (nSPS) is 10.8. The first kappa shape index (κ1) is 19.4.